The molecule has 6 rings (SSSR count). The van der Waals surface area contributed by atoms with E-state index in [1.165, 1.54) is 28.1 Å². The van der Waals surface area contributed by atoms with Crippen LogP contribution in [0, 0.1) is 0 Å². The number of H-pyrrole nitrogens is 1. The molecule has 1 amide bonds. The van der Waals surface area contributed by atoms with Crippen molar-refractivity contribution >= 4 is 40.1 Å². The van der Waals surface area contributed by atoms with Crippen molar-refractivity contribution in [3.63, 3.8) is 0 Å². The average Bonchev–Trinajstić information content (AvgIpc) is 3.67. The molecule has 2 aromatic heterocycles. The molecule has 0 bridgehead atoms. The maximum absolute atomic E-state index is 13.2. The van der Waals surface area contributed by atoms with E-state index in [0.29, 0.717) is 49.3 Å². The molecule has 4 aromatic rings. The number of aliphatic hydroxyl groups excluding tert-OH is 1. The first-order valence-electron chi connectivity index (χ1n) is 18.4. The van der Waals surface area contributed by atoms with Crippen LogP contribution in [0.25, 0.3) is 10.9 Å². The maximum Gasteiger partial charge on any atom is 0.490 e. The van der Waals surface area contributed by atoms with Gasteiger partial charge in [-0.1, -0.05) is 37.3 Å². The average molecular weight is 859 g/mol. The molecule has 2 saturated heterocycles. The lowest BCUT2D eigenvalue weighted by Crippen LogP contribution is -2.57. The van der Waals surface area contributed by atoms with Crippen LogP contribution in [0.15, 0.2) is 65.5 Å². The molecular formula is C39H44F6N4O9S. The first-order chi connectivity index (χ1) is 27.7. The van der Waals surface area contributed by atoms with Gasteiger partial charge >= 0.3 is 24.3 Å². The van der Waals surface area contributed by atoms with Crippen LogP contribution < -0.4 is 10.9 Å². The van der Waals surface area contributed by atoms with Gasteiger partial charge in [0.15, 0.2) is 0 Å². The van der Waals surface area contributed by atoms with Gasteiger partial charge in [-0.2, -0.15) is 26.3 Å². The molecule has 13 nitrogen and oxygen atoms in total. The van der Waals surface area contributed by atoms with E-state index in [0.717, 1.165) is 50.2 Å². The first kappa shape index (κ1) is 46.7. The third-order valence-electron chi connectivity index (χ3n) is 9.60. The minimum atomic E-state index is -5.08. The minimum absolute atomic E-state index is 0.0174. The molecule has 2 aliphatic heterocycles. The molecule has 1 spiro atoms. The number of nitrogens with zero attached hydrogens (tertiary/aromatic N) is 2. The number of hydrogen-bond donors (Lipinski definition) is 6. The molecule has 4 heterocycles. The summed E-state index contributed by atoms with van der Waals surface area (Å²) in [5.41, 5.74) is 2.95. The highest BCUT2D eigenvalue weighted by Crippen LogP contribution is 2.33. The zero-order chi connectivity index (χ0) is 43.5. The van der Waals surface area contributed by atoms with Crippen molar-refractivity contribution in [1.29, 1.82) is 0 Å². The van der Waals surface area contributed by atoms with Gasteiger partial charge in [0.25, 0.3) is 5.91 Å². The number of aryl methyl sites for hydroxylation is 1. The standard InChI is InChI=1S/C35H42N4O5S.2C2HF3O2/c1-2-26-6-10-31(45-26)34(43)39-18-19-44-35(23-39)13-16-38(17-14-35)22-25-5-3-4-24(20-25)12-15-36-21-30(41)27-7-9-29(40)33-28(27)8-11-32(42)37-33;2*3-2(4,5)1(6)7/h3-11,20,30,36,40-41H,2,12-19,21-23H2,1H3,(H,37,42);2*(H,6,7)/t30-;;/m0../s1. The number of fused-ring (bicyclic) bond motifs is 1. The number of amides is 1. The smallest absolute Gasteiger partial charge is 0.490 e. The summed E-state index contributed by atoms with van der Waals surface area (Å²) < 4.78 is 69.8. The predicted octanol–water partition coefficient (Wildman–Crippen LogP) is 5.50. The number of rotatable bonds is 10. The van der Waals surface area contributed by atoms with E-state index in [9.17, 15) is 46.1 Å². The topological polar surface area (TPSA) is 193 Å². The molecule has 2 aromatic carbocycles. The zero-order valence-electron chi connectivity index (χ0n) is 31.7. The number of carboxylic acids is 2. The molecule has 1 atom stereocenters. The SMILES string of the molecule is CCc1ccc(C(=O)N2CCOC3(CCN(Cc4cccc(CCNC[C@H](O)c5ccc(O)c6[nH]c(=O)ccc56)c4)CC3)C2)s1.O=C(O)C(F)(F)F.O=C(O)C(F)(F)F. The monoisotopic (exact) mass is 858 g/mol. The highest BCUT2D eigenvalue weighted by Gasteiger charge is 2.41. The van der Waals surface area contributed by atoms with Crippen LogP contribution in [0.3, 0.4) is 0 Å². The van der Waals surface area contributed by atoms with Crippen molar-refractivity contribution in [3.8, 4) is 5.75 Å². The Hall–Kier alpha value is -5.02. The first-order valence-corrected chi connectivity index (χ1v) is 19.2. The number of halogens is 6. The number of ether oxygens (including phenoxy) is 1. The van der Waals surface area contributed by atoms with Gasteiger partial charge in [0, 0.05) is 49.1 Å². The van der Waals surface area contributed by atoms with E-state index in [1.807, 2.05) is 11.0 Å². The number of aromatic hydroxyl groups is 1. The van der Waals surface area contributed by atoms with Crippen molar-refractivity contribution in [2.45, 2.75) is 63.2 Å². The van der Waals surface area contributed by atoms with Gasteiger partial charge in [0.2, 0.25) is 5.56 Å². The van der Waals surface area contributed by atoms with Gasteiger partial charge in [-0.15, -0.1) is 11.3 Å². The number of carboxylic acid groups (broad SMARTS) is 2. The number of alkyl halides is 6. The number of piperidine rings is 1. The van der Waals surface area contributed by atoms with Gasteiger partial charge in [0.1, 0.15) is 5.75 Å². The van der Waals surface area contributed by atoms with Gasteiger partial charge < -0.3 is 40.4 Å². The summed E-state index contributed by atoms with van der Waals surface area (Å²) in [6, 6.07) is 18.9. The summed E-state index contributed by atoms with van der Waals surface area (Å²) in [5.74, 6) is -5.40. The van der Waals surface area contributed by atoms with Crippen molar-refractivity contribution < 1.29 is 65.9 Å². The van der Waals surface area contributed by atoms with Crippen LogP contribution in [0.2, 0.25) is 0 Å². The number of nitrogens with one attached hydrogen (secondary N) is 2. The number of aliphatic hydroxyl groups is 1. The molecular weight excluding hydrogens is 815 g/mol. The highest BCUT2D eigenvalue weighted by molar-refractivity contribution is 7.14. The number of likely N-dealkylation sites (tertiary alicyclic amines) is 1. The maximum atomic E-state index is 13.2. The van der Waals surface area contributed by atoms with E-state index in [4.69, 9.17) is 24.5 Å². The highest BCUT2D eigenvalue weighted by atomic mass is 32.1. The fraction of sp³-hybridized carbons (Fsp3) is 0.436. The molecule has 2 fully saturated rings. The Morgan fingerprint density at radius 1 is 0.932 bits per heavy atom. The number of aromatic nitrogens is 1. The fourth-order valence-corrected chi connectivity index (χ4v) is 7.47. The second-order valence-corrected chi connectivity index (χ2v) is 15.0. The van der Waals surface area contributed by atoms with Gasteiger partial charge in [0.05, 0.1) is 35.3 Å². The molecule has 20 heteroatoms. The van der Waals surface area contributed by atoms with Gasteiger partial charge in [-0.25, -0.2) is 9.59 Å². The number of phenolic OH excluding ortho intramolecular Hbond substituents is 1. The van der Waals surface area contributed by atoms with E-state index in [1.54, 1.807) is 23.5 Å². The Labute approximate surface area is 337 Å². The quantitative estimate of drug-likeness (QED) is 0.0873. The van der Waals surface area contributed by atoms with Gasteiger partial charge in [-0.05, 0) is 73.2 Å². The number of thiophene rings is 1. The van der Waals surface area contributed by atoms with Crippen LogP contribution in [-0.4, -0.2) is 117 Å². The van der Waals surface area contributed by atoms with Gasteiger partial charge in [-0.3, -0.25) is 14.5 Å². The zero-order valence-corrected chi connectivity index (χ0v) is 32.6. The number of hydrogen-bond acceptors (Lipinski definition) is 10. The Kier molecular flexibility index (Phi) is 16.1. The van der Waals surface area contributed by atoms with Crippen LogP contribution in [0.5, 0.6) is 5.75 Å². The fourth-order valence-electron chi connectivity index (χ4n) is 6.55. The number of morpholine rings is 1. The van der Waals surface area contributed by atoms with E-state index < -0.39 is 30.4 Å². The van der Waals surface area contributed by atoms with E-state index >= 15 is 0 Å². The molecule has 2 aliphatic rings. The summed E-state index contributed by atoms with van der Waals surface area (Å²) >= 11 is 1.61. The molecule has 322 valence electrons. The molecule has 0 radical (unpaired) electrons. The van der Waals surface area contributed by atoms with Crippen molar-refractivity contribution in [1.82, 2.24) is 20.1 Å². The Morgan fingerprint density at radius 3 is 2.19 bits per heavy atom. The number of aromatic amines is 1. The Balaban J connectivity index is 0.000000471. The number of aliphatic carboxylic acids is 2. The van der Waals surface area contributed by atoms with Crippen molar-refractivity contribution in [2.24, 2.45) is 0 Å². The third kappa shape index (κ3) is 13.5. The summed E-state index contributed by atoms with van der Waals surface area (Å²) in [5, 5.41) is 39.2. The number of pyridine rings is 1. The normalized spacial score (nSPS) is 16.1. The Bertz CT molecular complexity index is 2090. The van der Waals surface area contributed by atoms with Crippen LogP contribution in [0.4, 0.5) is 26.3 Å². The second kappa shape index (κ2) is 20.3. The molecule has 6 N–H and O–H groups in total. The number of benzene rings is 2. The lowest BCUT2D eigenvalue weighted by Gasteiger charge is -2.47. The molecule has 0 saturated carbocycles. The van der Waals surface area contributed by atoms with Crippen LogP contribution >= 0.6 is 11.3 Å². The predicted molar refractivity (Wildman–Crippen MR) is 204 cm³/mol. The molecule has 0 aliphatic carbocycles. The third-order valence-corrected chi connectivity index (χ3v) is 10.8. The lowest BCUT2D eigenvalue weighted by atomic mass is 9.89. The summed E-state index contributed by atoms with van der Waals surface area (Å²) in [6.07, 6.45) is -7.33. The number of carbonyl (C=O) groups is 3. The van der Waals surface area contributed by atoms with Crippen molar-refractivity contribution in [3.05, 3.63) is 97.5 Å². The number of carbonyl (C=O) groups excluding carboxylic acids is 1. The van der Waals surface area contributed by atoms with E-state index in [2.05, 4.69) is 52.5 Å². The minimum Gasteiger partial charge on any atom is -0.506 e. The lowest BCUT2D eigenvalue weighted by molar-refractivity contribution is -0.193. The number of phenols is 1. The second-order valence-electron chi connectivity index (χ2n) is 13.8. The summed E-state index contributed by atoms with van der Waals surface area (Å²) in [4.78, 5) is 51.9. The van der Waals surface area contributed by atoms with Crippen LogP contribution in [0.1, 0.15) is 57.1 Å². The summed E-state index contributed by atoms with van der Waals surface area (Å²) in [7, 11) is 0. The van der Waals surface area contributed by atoms with E-state index in [-0.39, 0.29) is 22.8 Å². The van der Waals surface area contributed by atoms with Crippen molar-refractivity contribution in [2.75, 3.05) is 45.9 Å². The van der Waals surface area contributed by atoms with Crippen LogP contribution in [-0.2, 0) is 33.7 Å². The summed E-state index contributed by atoms with van der Waals surface area (Å²) in [6.45, 7) is 7.84. The molecule has 0 unspecified atom stereocenters. The largest absolute Gasteiger partial charge is 0.506 e. The Morgan fingerprint density at radius 2 is 1.58 bits per heavy atom. The molecule has 59 heavy (non-hydrogen) atoms.